The van der Waals surface area contributed by atoms with E-state index in [1.165, 1.54) is 11.9 Å². The maximum atomic E-state index is 3.98. The predicted octanol–water partition coefficient (Wildman–Crippen LogP) is 3.16. The largest absolute Gasteiger partial charge is 0.381 e. The van der Waals surface area contributed by atoms with Crippen molar-refractivity contribution in [2.24, 2.45) is 0 Å². The second-order valence-electron chi connectivity index (χ2n) is 3.51. The number of hydrogen-bond acceptors (Lipinski definition) is 3. The lowest BCUT2D eigenvalue weighted by atomic mass is 10.2. The van der Waals surface area contributed by atoms with Crippen molar-refractivity contribution in [3.63, 3.8) is 0 Å². The Kier molecular flexibility index (Phi) is 3.51. The molecule has 1 aromatic carbocycles. The Morgan fingerprint density at radius 2 is 2.00 bits per heavy atom. The monoisotopic (exact) mass is 277 g/mol. The highest BCUT2D eigenvalue weighted by Crippen LogP contribution is 2.23. The number of halogens is 1. The standard InChI is InChI=1S/C12H12BrN3/c1-9-11(13)3-2-4-12(9)16-7-10-5-14-8-15-6-10/h2-6,8,16H,7H2,1H3. The summed E-state index contributed by atoms with van der Waals surface area (Å²) in [6.07, 6.45) is 5.16. The molecule has 0 aliphatic carbocycles. The van der Waals surface area contributed by atoms with Gasteiger partial charge in [-0.15, -0.1) is 0 Å². The minimum absolute atomic E-state index is 0.734. The summed E-state index contributed by atoms with van der Waals surface area (Å²) in [5, 5.41) is 3.36. The van der Waals surface area contributed by atoms with E-state index in [1.807, 2.05) is 24.5 Å². The van der Waals surface area contributed by atoms with Gasteiger partial charge in [0.2, 0.25) is 0 Å². The Labute approximate surface area is 103 Å². The first-order chi connectivity index (χ1) is 7.77. The second kappa shape index (κ2) is 5.07. The quantitative estimate of drug-likeness (QED) is 0.937. The first-order valence-electron chi connectivity index (χ1n) is 5.00. The fraction of sp³-hybridized carbons (Fsp3) is 0.167. The normalized spacial score (nSPS) is 10.1. The van der Waals surface area contributed by atoms with E-state index in [1.54, 1.807) is 0 Å². The Hall–Kier alpha value is -1.42. The molecular formula is C12H12BrN3. The zero-order chi connectivity index (χ0) is 11.4. The zero-order valence-corrected chi connectivity index (χ0v) is 10.5. The van der Waals surface area contributed by atoms with Crippen LogP contribution >= 0.6 is 15.9 Å². The molecule has 1 N–H and O–H groups in total. The fourth-order valence-corrected chi connectivity index (χ4v) is 1.78. The molecule has 1 aromatic heterocycles. The smallest absolute Gasteiger partial charge is 0.115 e. The van der Waals surface area contributed by atoms with Crippen LogP contribution in [0.25, 0.3) is 0 Å². The fourth-order valence-electron chi connectivity index (χ4n) is 1.42. The van der Waals surface area contributed by atoms with Gasteiger partial charge in [-0.05, 0) is 24.6 Å². The molecule has 0 unspecified atom stereocenters. The van der Waals surface area contributed by atoms with Gasteiger partial charge in [0, 0.05) is 34.7 Å². The summed E-state index contributed by atoms with van der Waals surface area (Å²) in [6.45, 7) is 2.81. The van der Waals surface area contributed by atoms with Crippen LogP contribution in [0.4, 0.5) is 5.69 Å². The van der Waals surface area contributed by atoms with Gasteiger partial charge < -0.3 is 5.32 Å². The molecule has 2 rings (SSSR count). The van der Waals surface area contributed by atoms with Gasteiger partial charge in [0.25, 0.3) is 0 Å². The number of hydrogen-bond donors (Lipinski definition) is 1. The Balaban J connectivity index is 2.08. The van der Waals surface area contributed by atoms with Gasteiger partial charge in [-0.1, -0.05) is 22.0 Å². The van der Waals surface area contributed by atoms with Crippen LogP contribution in [0.3, 0.4) is 0 Å². The van der Waals surface area contributed by atoms with E-state index in [0.29, 0.717) is 0 Å². The van der Waals surface area contributed by atoms with Crippen molar-refractivity contribution in [2.75, 3.05) is 5.32 Å². The van der Waals surface area contributed by atoms with Crippen LogP contribution in [0.2, 0.25) is 0 Å². The Morgan fingerprint density at radius 3 is 2.75 bits per heavy atom. The highest BCUT2D eigenvalue weighted by Gasteiger charge is 2.01. The highest BCUT2D eigenvalue weighted by molar-refractivity contribution is 9.10. The summed E-state index contributed by atoms with van der Waals surface area (Å²) in [5.74, 6) is 0. The minimum atomic E-state index is 0.734. The van der Waals surface area contributed by atoms with Crippen molar-refractivity contribution in [2.45, 2.75) is 13.5 Å². The number of benzene rings is 1. The van der Waals surface area contributed by atoms with Crippen LogP contribution in [0.15, 0.2) is 41.4 Å². The van der Waals surface area contributed by atoms with Crippen LogP contribution in [0.1, 0.15) is 11.1 Å². The van der Waals surface area contributed by atoms with Crippen LogP contribution in [0, 0.1) is 6.92 Å². The number of anilines is 1. The molecule has 4 heteroatoms. The Morgan fingerprint density at radius 1 is 1.25 bits per heavy atom. The lowest BCUT2D eigenvalue weighted by molar-refractivity contribution is 1.05. The zero-order valence-electron chi connectivity index (χ0n) is 8.94. The third-order valence-corrected chi connectivity index (χ3v) is 3.22. The molecule has 0 radical (unpaired) electrons. The lowest BCUT2D eigenvalue weighted by Gasteiger charge is -2.10. The summed E-state index contributed by atoms with van der Waals surface area (Å²) < 4.78 is 1.11. The molecule has 1 heterocycles. The van der Waals surface area contributed by atoms with Gasteiger partial charge in [0.05, 0.1) is 0 Å². The van der Waals surface area contributed by atoms with Gasteiger partial charge in [0.15, 0.2) is 0 Å². The van der Waals surface area contributed by atoms with Gasteiger partial charge in [-0.25, -0.2) is 9.97 Å². The van der Waals surface area contributed by atoms with E-state index >= 15 is 0 Å². The van der Waals surface area contributed by atoms with Crippen molar-refractivity contribution >= 4 is 21.6 Å². The van der Waals surface area contributed by atoms with Gasteiger partial charge >= 0.3 is 0 Å². The maximum absolute atomic E-state index is 3.98. The number of nitrogens with one attached hydrogen (secondary N) is 1. The molecule has 0 bridgehead atoms. The van der Waals surface area contributed by atoms with Gasteiger partial charge in [-0.3, -0.25) is 0 Å². The third-order valence-electron chi connectivity index (χ3n) is 2.36. The minimum Gasteiger partial charge on any atom is -0.381 e. The predicted molar refractivity (Wildman–Crippen MR) is 68.2 cm³/mol. The molecule has 0 spiro atoms. The summed E-state index contributed by atoms with van der Waals surface area (Å²) in [5.41, 5.74) is 3.40. The van der Waals surface area contributed by atoms with Crippen molar-refractivity contribution < 1.29 is 0 Å². The summed E-state index contributed by atoms with van der Waals surface area (Å²) >= 11 is 3.51. The number of nitrogens with zero attached hydrogens (tertiary/aromatic N) is 2. The third kappa shape index (κ3) is 2.58. The van der Waals surface area contributed by atoms with Crippen molar-refractivity contribution in [3.8, 4) is 0 Å². The van der Waals surface area contributed by atoms with Gasteiger partial charge in [0.1, 0.15) is 6.33 Å². The molecular weight excluding hydrogens is 266 g/mol. The average Bonchev–Trinajstić information content (AvgIpc) is 2.32. The molecule has 3 nitrogen and oxygen atoms in total. The van der Waals surface area contributed by atoms with Crippen LogP contribution < -0.4 is 5.32 Å². The SMILES string of the molecule is Cc1c(Br)cccc1NCc1cncnc1. The topological polar surface area (TPSA) is 37.8 Å². The van der Waals surface area contributed by atoms with Gasteiger partial charge in [-0.2, -0.15) is 0 Å². The summed E-state index contributed by atoms with van der Waals surface area (Å²) in [6, 6.07) is 6.11. The van der Waals surface area contributed by atoms with E-state index in [2.05, 4.69) is 44.2 Å². The molecule has 0 fully saturated rings. The van der Waals surface area contributed by atoms with Crippen molar-refractivity contribution in [1.82, 2.24) is 9.97 Å². The van der Waals surface area contributed by atoms with E-state index in [-0.39, 0.29) is 0 Å². The van der Waals surface area contributed by atoms with E-state index in [4.69, 9.17) is 0 Å². The number of aromatic nitrogens is 2. The van der Waals surface area contributed by atoms with E-state index in [0.717, 1.165) is 22.3 Å². The average molecular weight is 278 g/mol. The summed E-state index contributed by atoms with van der Waals surface area (Å²) in [7, 11) is 0. The number of rotatable bonds is 3. The van der Waals surface area contributed by atoms with Crippen molar-refractivity contribution in [3.05, 3.63) is 52.5 Å². The van der Waals surface area contributed by atoms with Crippen molar-refractivity contribution in [1.29, 1.82) is 0 Å². The first kappa shape index (κ1) is 11.1. The highest BCUT2D eigenvalue weighted by atomic mass is 79.9. The molecule has 2 aromatic rings. The second-order valence-corrected chi connectivity index (χ2v) is 4.37. The Bertz CT molecular complexity index is 471. The molecule has 0 aliphatic heterocycles. The van der Waals surface area contributed by atoms with Crippen LogP contribution in [-0.4, -0.2) is 9.97 Å². The lowest BCUT2D eigenvalue weighted by Crippen LogP contribution is -2.01. The van der Waals surface area contributed by atoms with Crippen LogP contribution in [0.5, 0.6) is 0 Å². The van der Waals surface area contributed by atoms with E-state index < -0.39 is 0 Å². The van der Waals surface area contributed by atoms with Crippen LogP contribution in [-0.2, 0) is 6.54 Å². The maximum Gasteiger partial charge on any atom is 0.115 e. The molecule has 82 valence electrons. The summed E-state index contributed by atoms with van der Waals surface area (Å²) in [4.78, 5) is 7.95. The molecule has 0 amide bonds. The molecule has 0 atom stereocenters. The molecule has 16 heavy (non-hydrogen) atoms. The molecule has 0 saturated heterocycles. The first-order valence-corrected chi connectivity index (χ1v) is 5.79. The van der Waals surface area contributed by atoms with E-state index in [9.17, 15) is 0 Å². The molecule has 0 saturated carbocycles. The molecule has 0 aliphatic rings.